The fraction of sp³-hybridized carbons (Fsp3) is 0.480. The van der Waals surface area contributed by atoms with E-state index in [1.165, 1.54) is 6.92 Å². The summed E-state index contributed by atoms with van der Waals surface area (Å²) in [5.74, 6) is 1.08. The number of carbonyl (C=O) groups excluding carboxylic acids is 1. The average Bonchev–Trinajstić information content (AvgIpc) is 3.38. The number of fused-ring (bicyclic) bond motifs is 3. The van der Waals surface area contributed by atoms with Gasteiger partial charge in [-0.25, -0.2) is 9.97 Å². The van der Waals surface area contributed by atoms with Crippen LogP contribution in [0, 0.1) is 0 Å². The number of hydrogen-bond donors (Lipinski definition) is 2. The molecule has 2 N–H and O–H groups in total. The van der Waals surface area contributed by atoms with Gasteiger partial charge in [0.25, 0.3) is 0 Å². The zero-order valence-corrected chi connectivity index (χ0v) is 19.8. The van der Waals surface area contributed by atoms with Crippen molar-refractivity contribution in [3.05, 3.63) is 35.8 Å². The molecule has 2 aliphatic rings. The summed E-state index contributed by atoms with van der Waals surface area (Å²) in [5.41, 5.74) is 3.94. The second kappa shape index (κ2) is 8.98. The van der Waals surface area contributed by atoms with E-state index in [9.17, 15) is 9.90 Å². The van der Waals surface area contributed by atoms with Gasteiger partial charge < -0.3 is 29.2 Å². The van der Waals surface area contributed by atoms with Crippen LogP contribution in [0.3, 0.4) is 0 Å². The van der Waals surface area contributed by atoms with E-state index in [2.05, 4.69) is 10.3 Å². The van der Waals surface area contributed by atoms with E-state index in [1.54, 1.807) is 13.1 Å². The number of rotatable bonds is 6. The molecule has 3 aromatic heterocycles. The number of anilines is 1. The Balaban J connectivity index is 1.65. The summed E-state index contributed by atoms with van der Waals surface area (Å²) in [4.78, 5) is 21.1. The van der Waals surface area contributed by atoms with Crippen LogP contribution in [0.15, 0.2) is 24.5 Å². The van der Waals surface area contributed by atoms with Crippen LogP contribution in [-0.2, 0) is 33.3 Å². The highest BCUT2D eigenvalue weighted by Gasteiger charge is 2.44. The number of aryl methyl sites for hydroxylation is 1. The molecule has 0 aliphatic carbocycles. The first kappa shape index (κ1) is 22.8. The molecule has 1 amide bonds. The van der Waals surface area contributed by atoms with Crippen LogP contribution in [-0.4, -0.2) is 58.1 Å². The molecule has 2 aliphatic heterocycles. The van der Waals surface area contributed by atoms with E-state index in [0.717, 1.165) is 45.6 Å². The van der Waals surface area contributed by atoms with Gasteiger partial charge >= 0.3 is 0 Å². The number of hydrogen-bond acceptors (Lipinski definition) is 7. The predicted octanol–water partition coefficient (Wildman–Crippen LogP) is 2.93. The van der Waals surface area contributed by atoms with E-state index in [0.29, 0.717) is 45.1 Å². The number of ether oxygens (including phenoxy) is 3. The molecule has 9 nitrogen and oxygen atoms in total. The number of amides is 1. The van der Waals surface area contributed by atoms with E-state index in [1.807, 2.05) is 29.9 Å². The summed E-state index contributed by atoms with van der Waals surface area (Å²) < 4.78 is 20.2. The molecule has 2 atom stereocenters. The second-order valence-electron chi connectivity index (χ2n) is 9.14. The summed E-state index contributed by atoms with van der Waals surface area (Å²) >= 11 is 0. The molecule has 0 saturated carbocycles. The third-order valence-corrected chi connectivity index (χ3v) is 6.48. The highest BCUT2D eigenvalue weighted by Crippen LogP contribution is 2.44. The Hall–Kier alpha value is -3.01. The lowest BCUT2D eigenvalue weighted by molar-refractivity contribution is -0.114. The molecule has 0 radical (unpaired) electrons. The van der Waals surface area contributed by atoms with Crippen molar-refractivity contribution < 1.29 is 24.1 Å². The minimum Gasteiger partial charge on any atom is -0.493 e. The van der Waals surface area contributed by atoms with Crippen LogP contribution in [0.25, 0.3) is 22.2 Å². The zero-order valence-electron chi connectivity index (χ0n) is 19.8. The van der Waals surface area contributed by atoms with Gasteiger partial charge in [0.2, 0.25) is 5.91 Å². The van der Waals surface area contributed by atoms with Crippen molar-refractivity contribution in [1.29, 1.82) is 0 Å². The fourth-order valence-electron chi connectivity index (χ4n) is 4.77. The maximum atomic E-state index is 11.6. The van der Waals surface area contributed by atoms with Crippen LogP contribution in [0.4, 0.5) is 5.82 Å². The normalized spacial score (nSPS) is 20.5. The van der Waals surface area contributed by atoms with Gasteiger partial charge in [0.05, 0.1) is 49.0 Å². The van der Waals surface area contributed by atoms with Gasteiger partial charge in [-0.3, -0.25) is 4.79 Å². The molecule has 3 aromatic rings. The lowest BCUT2D eigenvalue weighted by Gasteiger charge is -2.34. The molecule has 34 heavy (non-hydrogen) atoms. The van der Waals surface area contributed by atoms with Crippen molar-refractivity contribution in [3.8, 4) is 17.0 Å². The first-order valence-electron chi connectivity index (χ1n) is 11.7. The summed E-state index contributed by atoms with van der Waals surface area (Å²) in [6.07, 6.45) is 5.32. The maximum absolute atomic E-state index is 11.6. The molecule has 5 heterocycles. The molecule has 180 valence electrons. The first-order valence-corrected chi connectivity index (χ1v) is 11.7. The number of aliphatic hydroxyl groups is 1. The smallest absolute Gasteiger partial charge is 0.222 e. The molecule has 2 unspecified atom stereocenters. The number of carbonyl (C=O) groups is 1. The molecular formula is C25H30N4O5. The predicted molar refractivity (Wildman–Crippen MR) is 127 cm³/mol. The third kappa shape index (κ3) is 4.15. The molecule has 0 bridgehead atoms. The van der Waals surface area contributed by atoms with Gasteiger partial charge in [0, 0.05) is 68.6 Å². The van der Waals surface area contributed by atoms with Crippen molar-refractivity contribution in [1.82, 2.24) is 14.5 Å². The van der Waals surface area contributed by atoms with Crippen LogP contribution in [0.2, 0.25) is 0 Å². The van der Waals surface area contributed by atoms with Crippen LogP contribution in [0.5, 0.6) is 5.75 Å². The lowest BCUT2D eigenvalue weighted by atomic mass is 9.89. The van der Waals surface area contributed by atoms with Crippen molar-refractivity contribution >= 4 is 22.6 Å². The second-order valence-corrected chi connectivity index (χ2v) is 9.14. The molecule has 1 spiro atoms. The Kier molecular flexibility index (Phi) is 6.01. The van der Waals surface area contributed by atoms with Gasteiger partial charge in [-0.05, 0) is 13.0 Å². The molecule has 9 heteroatoms. The topological polar surface area (TPSA) is 108 Å². The molecule has 5 rings (SSSR count). The van der Waals surface area contributed by atoms with E-state index in [-0.39, 0.29) is 5.91 Å². The van der Waals surface area contributed by atoms with Crippen molar-refractivity contribution in [3.63, 3.8) is 0 Å². The Morgan fingerprint density at radius 1 is 1.38 bits per heavy atom. The highest BCUT2D eigenvalue weighted by molar-refractivity contribution is 5.98. The zero-order chi connectivity index (χ0) is 23.9. The van der Waals surface area contributed by atoms with Crippen molar-refractivity contribution in [2.45, 2.75) is 44.8 Å². The average molecular weight is 467 g/mol. The monoisotopic (exact) mass is 466 g/mol. The summed E-state index contributed by atoms with van der Waals surface area (Å²) in [6.45, 7) is 5.31. The SMILES string of the molecule is CC(=O)Nc1cc2c(-c3cc(OCCC(C)O)c4c(n3)C3(CCOC3)OCC4)cn(C)c2cn1. The number of pyridine rings is 2. The highest BCUT2D eigenvalue weighted by atomic mass is 16.6. The number of nitrogens with zero attached hydrogens (tertiary/aromatic N) is 3. The summed E-state index contributed by atoms with van der Waals surface area (Å²) in [5, 5.41) is 13.4. The van der Waals surface area contributed by atoms with Crippen molar-refractivity contribution in [2.75, 3.05) is 31.7 Å². The number of aromatic nitrogens is 3. The molecule has 1 fully saturated rings. The van der Waals surface area contributed by atoms with Crippen LogP contribution >= 0.6 is 0 Å². The number of aliphatic hydroxyl groups excluding tert-OH is 1. The fourth-order valence-corrected chi connectivity index (χ4v) is 4.77. The molecule has 0 aromatic carbocycles. The van der Waals surface area contributed by atoms with E-state index >= 15 is 0 Å². The third-order valence-electron chi connectivity index (χ3n) is 6.48. The van der Waals surface area contributed by atoms with Gasteiger partial charge in [-0.2, -0.15) is 0 Å². The van der Waals surface area contributed by atoms with Gasteiger partial charge in [-0.15, -0.1) is 0 Å². The largest absolute Gasteiger partial charge is 0.493 e. The lowest BCUT2D eigenvalue weighted by Crippen LogP contribution is -2.37. The van der Waals surface area contributed by atoms with Gasteiger partial charge in [0.15, 0.2) is 0 Å². The number of nitrogens with one attached hydrogen (secondary N) is 1. The quantitative estimate of drug-likeness (QED) is 0.575. The minimum atomic E-state index is -0.570. The Morgan fingerprint density at radius 2 is 2.24 bits per heavy atom. The summed E-state index contributed by atoms with van der Waals surface area (Å²) in [7, 11) is 1.96. The Bertz CT molecular complexity index is 1230. The van der Waals surface area contributed by atoms with Crippen LogP contribution in [0.1, 0.15) is 37.9 Å². The van der Waals surface area contributed by atoms with Gasteiger partial charge in [0.1, 0.15) is 17.2 Å². The van der Waals surface area contributed by atoms with E-state index < -0.39 is 11.7 Å². The maximum Gasteiger partial charge on any atom is 0.222 e. The molecular weight excluding hydrogens is 436 g/mol. The Labute approximate surface area is 198 Å². The van der Waals surface area contributed by atoms with Crippen molar-refractivity contribution in [2.24, 2.45) is 7.05 Å². The first-order chi connectivity index (χ1) is 16.4. The molecule has 1 saturated heterocycles. The van der Waals surface area contributed by atoms with E-state index in [4.69, 9.17) is 19.2 Å². The minimum absolute atomic E-state index is 0.176. The van der Waals surface area contributed by atoms with Gasteiger partial charge in [-0.1, -0.05) is 0 Å². The standard InChI is InChI=1S/C25H30N4O5/c1-15(30)4-7-33-22-11-20(28-24-17(22)5-8-34-25(24)6-9-32-14-25)19-13-29(3)21-12-26-23(10-18(19)21)27-16(2)31/h10-13,15,30H,4-9,14H2,1-3H3,(H,26,27,31). The Morgan fingerprint density at radius 3 is 2.97 bits per heavy atom. The summed E-state index contributed by atoms with van der Waals surface area (Å²) in [6, 6.07) is 3.84. The van der Waals surface area contributed by atoms with Crippen LogP contribution < -0.4 is 10.1 Å².